The molecule has 1 aromatic rings. The van der Waals surface area contributed by atoms with Crippen LogP contribution in [0.25, 0.3) is 0 Å². The fourth-order valence-electron chi connectivity index (χ4n) is 2.87. The third-order valence-corrected chi connectivity index (χ3v) is 3.92. The number of hydrogen-bond acceptors (Lipinski definition) is 3. The monoisotopic (exact) mass is 334 g/mol. The molecule has 1 atom stereocenters. The minimum atomic E-state index is 0. The van der Waals surface area contributed by atoms with Crippen molar-refractivity contribution in [2.45, 2.75) is 32.2 Å². The summed E-state index contributed by atoms with van der Waals surface area (Å²) in [5.41, 5.74) is 1.35. The number of rotatable bonds is 6. The number of methoxy groups -OCH3 is 1. The number of ether oxygens (including phenoxy) is 1. The van der Waals surface area contributed by atoms with Crippen LogP contribution in [0, 0.1) is 0 Å². The van der Waals surface area contributed by atoms with Crippen LogP contribution in [0.2, 0.25) is 0 Å². The average molecular weight is 335 g/mol. The lowest BCUT2D eigenvalue weighted by molar-refractivity contribution is 0.160. The van der Waals surface area contributed by atoms with Gasteiger partial charge in [-0.05, 0) is 12.5 Å². The Balaban J connectivity index is 0.00000200. The molecule has 1 aliphatic heterocycles. The lowest BCUT2D eigenvalue weighted by Crippen LogP contribution is -2.45. The van der Waals surface area contributed by atoms with Crippen LogP contribution >= 0.6 is 24.8 Å². The summed E-state index contributed by atoms with van der Waals surface area (Å²) in [4.78, 5) is 2.60. The molecule has 1 aliphatic rings. The Bertz CT molecular complexity index is 384. The van der Waals surface area contributed by atoms with Crippen LogP contribution in [0.4, 0.5) is 0 Å². The lowest BCUT2D eigenvalue weighted by Gasteiger charge is -2.36. The van der Waals surface area contributed by atoms with E-state index in [1.807, 2.05) is 0 Å². The molecule has 0 saturated carbocycles. The van der Waals surface area contributed by atoms with Crippen molar-refractivity contribution >= 4 is 24.8 Å². The Morgan fingerprint density at radius 2 is 1.86 bits per heavy atom. The summed E-state index contributed by atoms with van der Waals surface area (Å²) in [7, 11) is 1.77. The molecule has 1 N–H and O–H groups in total. The highest BCUT2D eigenvalue weighted by molar-refractivity contribution is 5.85. The number of benzene rings is 1. The zero-order valence-electron chi connectivity index (χ0n) is 13.0. The van der Waals surface area contributed by atoms with Gasteiger partial charge >= 0.3 is 0 Å². The van der Waals surface area contributed by atoms with Gasteiger partial charge in [0.15, 0.2) is 0 Å². The van der Waals surface area contributed by atoms with Gasteiger partial charge in [0.1, 0.15) is 5.75 Å². The Hall–Kier alpha value is -0.480. The smallest absolute Gasteiger partial charge is 0.123 e. The zero-order chi connectivity index (χ0) is 13.5. The number of halogens is 2. The summed E-state index contributed by atoms with van der Waals surface area (Å²) in [6.45, 7) is 6.71. The molecule has 122 valence electrons. The molecule has 1 heterocycles. The first-order valence-corrected chi connectivity index (χ1v) is 7.44. The van der Waals surface area contributed by atoms with Gasteiger partial charge in [0.25, 0.3) is 0 Å². The summed E-state index contributed by atoms with van der Waals surface area (Å²) in [6.07, 6.45) is 3.74. The Morgan fingerprint density at radius 1 is 1.19 bits per heavy atom. The second-order valence-electron chi connectivity index (χ2n) is 5.19. The molecule has 2 rings (SSSR count). The van der Waals surface area contributed by atoms with Gasteiger partial charge in [-0.1, -0.05) is 38.0 Å². The van der Waals surface area contributed by atoms with Crippen LogP contribution < -0.4 is 10.1 Å². The molecule has 0 spiro atoms. The molecule has 0 amide bonds. The highest BCUT2D eigenvalue weighted by Gasteiger charge is 2.23. The molecule has 0 unspecified atom stereocenters. The van der Waals surface area contributed by atoms with Crippen molar-refractivity contribution in [3.63, 3.8) is 0 Å². The summed E-state index contributed by atoms with van der Waals surface area (Å²) < 4.78 is 5.55. The van der Waals surface area contributed by atoms with Gasteiger partial charge < -0.3 is 10.1 Å². The first-order chi connectivity index (χ1) is 9.36. The third kappa shape index (κ3) is 5.67. The minimum absolute atomic E-state index is 0. The van der Waals surface area contributed by atoms with Crippen molar-refractivity contribution in [1.29, 1.82) is 0 Å². The van der Waals surface area contributed by atoms with Crippen LogP contribution in [0.1, 0.15) is 37.8 Å². The van der Waals surface area contributed by atoms with Gasteiger partial charge in [-0.3, -0.25) is 4.90 Å². The number of hydrogen-bond donors (Lipinski definition) is 1. The maximum absolute atomic E-state index is 5.55. The van der Waals surface area contributed by atoms with Gasteiger partial charge in [0, 0.05) is 37.8 Å². The van der Waals surface area contributed by atoms with Crippen molar-refractivity contribution in [3.8, 4) is 5.75 Å². The first kappa shape index (κ1) is 20.5. The fraction of sp³-hybridized carbons (Fsp3) is 0.625. The van der Waals surface area contributed by atoms with Crippen LogP contribution in [-0.4, -0.2) is 38.2 Å². The van der Waals surface area contributed by atoms with Crippen molar-refractivity contribution in [2.75, 3.05) is 33.3 Å². The Morgan fingerprint density at radius 3 is 2.48 bits per heavy atom. The molecule has 21 heavy (non-hydrogen) atoms. The summed E-state index contributed by atoms with van der Waals surface area (Å²) in [5, 5.41) is 3.43. The van der Waals surface area contributed by atoms with Gasteiger partial charge in [-0.15, -0.1) is 24.8 Å². The normalized spacial score (nSPS) is 16.5. The quantitative estimate of drug-likeness (QED) is 0.858. The molecular formula is C16H28Cl2N2O. The van der Waals surface area contributed by atoms with Crippen molar-refractivity contribution in [2.24, 2.45) is 0 Å². The molecule has 0 aliphatic carbocycles. The van der Waals surface area contributed by atoms with Gasteiger partial charge in [0.05, 0.1) is 7.11 Å². The van der Waals surface area contributed by atoms with Crippen LogP contribution in [0.15, 0.2) is 24.3 Å². The average Bonchev–Trinajstić information content (AvgIpc) is 2.49. The van der Waals surface area contributed by atoms with Crippen LogP contribution in [0.3, 0.4) is 0 Å². The maximum Gasteiger partial charge on any atom is 0.123 e. The molecule has 0 aromatic heterocycles. The zero-order valence-corrected chi connectivity index (χ0v) is 14.6. The highest BCUT2D eigenvalue weighted by Crippen LogP contribution is 2.33. The second-order valence-corrected chi connectivity index (χ2v) is 5.19. The molecule has 0 radical (unpaired) electrons. The highest BCUT2D eigenvalue weighted by atomic mass is 35.5. The SMILES string of the molecule is CCCC[C@H](c1ccccc1OC)N1CCNCC1.Cl.Cl. The van der Waals surface area contributed by atoms with E-state index in [1.165, 1.54) is 24.8 Å². The maximum atomic E-state index is 5.55. The van der Waals surface area contributed by atoms with Crippen molar-refractivity contribution < 1.29 is 4.74 Å². The number of piperazine rings is 1. The largest absolute Gasteiger partial charge is 0.496 e. The van der Waals surface area contributed by atoms with E-state index in [-0.39, 0.29) is 24.8 Å². The summed E-state index contributed by atoms with van der Waals surface area (Å²) in [6, 6.07) is 8.98. The van der Waals surface area contributed by atoms with Crippen LogP contribution in [-0.2, 0) is 0 Å². The first-order valence-electron chi connectivity index (χ1n) is 7.44. The minimum Gasteiger partial charge on any atom is -0.496 e. The van der Waals surface area contributed by atoms with Crippen LogP contribution in [0.5, 0.6) is 5.75 Å². The Labute approximate surface area is 141 Å². The second kappa shape index (κ2) is 11.1. The predicted octanol–water partition coefficient (Wildman–Crippen LogP) is 3.68. The number of nitrogens with zero attached hydrogens (tertiary/aromatic N) is 1. The van der Waals surface area contributed by atoms with E-state index in [9.17, 15) is 0 Å². The standard InChI is InChI=1S/C16H26N2O.2ClH/c1-3-4-8-15(18-12-10-17-11-13-18)14-7-5-6-9-16(14)19-2;;/h5-7,9,15,17H,3-4,8,10-13H2,1-2H3;2*1H/t15-;;/m1../s1. The van der Waals surface area contributed by atoms with Gasteiger partial charge in [0.2, 0.25) is 0 Å². The molecule has 5 heteroatoms. The number of para-hydroxylation sites is 1. The van der Waals surface area contributed by atoms with E-state index < -0.39 is 0 Å². The van der Waals surface area contributed by atoms with E-state index in [4.69, 9.17) is 4.74 Å². The van der Waals surface area contributed by atoms with Gasteiger partial charge in [-0.25, -0.2) is 0 Å². The molecule has 1 fully saturated rings. The van der Waals surface area contributed by atoms with E-state index in [0.717, 1.165) is 31.9 Å². The molecule has 1 aromatic carbocycles. The topological polar surface area (TPSA) is 24.5 Å². The van der Waals surface area contributed by atoms with E-state index >= 15 is 0 Å². The molecule has 0 bridgehead atoms. The Kier molecular flexibility index (Phi) is 10.9. The van der Waals surface area contributed by atoms with E-state index in [2.05, 4.69) is 41.4 Å². The fourth-order valence-corrected chi connectivity index (χ4v) is 2.87. The van der Waals surface area contributed by atoms with E-state index in [0.29, 0.717) is 6.04 Å². The van der Waals surface area contributed by atoms with Crippen molar-refractivity contribution in [3.05, 3.63) is 29.8 Å². The molecule has 1 saturated heterocycles. The molecule has 3 nitrogen and oxygen atoms in total. The number of unbranched alkanes of at least 4 members (excludes halogenated alkanes) is 1. The summed E-state index contributed by atoms with van der Waals surface area (Å²) in [5.74, 6) is 1.03. The van der Waals surface area contributed by atoms with Gasteiger partial charge in [-0.2, -0.15) is 0 Å². The predicted molar refractivity (Wildman–Crippen MR) is 94.2 cm³/mol. The number of nitrogens with one attached hydrogen (secondary N) is 1. The van der Waals surface area contributed by atoms with Crippen molar-refractivity contribution in [1.82, 2.24) is 10.2 Å². The lowest BCUT2D eigenvalue weighted by atomic mass is 9.98. The van der Waals surface area contributed by atoms with E-state index in [1.54, 1.807) is 7.11 Å². The summed E-state index contributed by atoms with van der Waals surface area (Å²) >= 11 is 0. The third-order valence-electron chi connectivity index (χ3n) is 3.92. The molecular weight excluding hydrogens is 307 g/mol.